The Kier molecular flexibility index (Phi) is 2.69. The molecule has 11 heavy (non-hydrogen) atoms. The van der Waals surface area contributed by atoms with Crippen LogP contribution in [-0.4, -0.2) is 6.61 Å². The number of halogens is 1. The van der Waals surface area contributed by atoms with Crippen LogP contribution in [-0.2, 0) is 4.74 Å². The Labute approximate surface area is 66.6 Å². The number of ether oxygens (including phenoxy) is 1. The van der Waals surface area contributed by atoms with E-state index in [1.165, 1.54) is 6.08 Å². The molecule has 0 bridgehead atoms. The molecular weight excluding hydrogens is 143 g/mol. The summed E-state index contributed by atoms with van der Waals surface area (Å²) in [4.78, 5) is 0. The summed E-state index contributed by atoms with van der Waals surface area (Å²) in [6, 6.07) is 0. The highest BCUT2D eigenvalue weighted by molar-refractivity contribution is 5.20. The van der Waals surface area contributed by atoms with E-state index >= 15 is 0 Å². The van der Waals surface area contributed by atoms with Gasteiger partial charge in [-0.2, -0.15) is 0 Å². The largest absolute Gasteiger partial charge is 0.498 e. The van der Waals surface area contributed by atoms with E-state index in [0.29, 0.717) is 6.61 Å². The van der Waals surface area contributed by atoms with Crippen LogP contribution >= 0.6 is 0 Å². The third-order valence-electron chi connectivity index (χ3n) is 1.60. The van der Waals surface area contributed by atoms with Crippen LogP contribution in [0.25, 0.3) is 0 Å². The van der Waals surface area contributed by atoms with Crippen LogP contribution in [0.15, 0.2) is 23.7 Å². The number of hydrogen-bond donors (Lipinski definition) is 0. The predicted molar refractivity (Wildman–Crippen MR) is 42.7 cm³/mol. The van der Waals surface area contributed by atoms with Crippen LogP contribution in [0.3, 0.4) is 0 Å². The van der Waals surface area contributed by atoms with Gasteiger partial charge in [-0.1, -0.05) is 6.92 Å². The summed E-state index contributed by atoms with van der Waals surface area (Å²) in [5, 5.41) is 0. The first-order valence-electron chi connectivity index (χ1n) is 3.93. The lowest BCUT2D eigenvalue weighted by Crippen LogP contribution is -2.02. The summed E-state index contributed by atoms with van der Waals surface area (Å²) >= 11 is 0. The zero-order valence-corrected chi connectivity index (χ0v) is 6.93. The van der Waals surface area contributed by atoms with Crippen molar-refractivity contribution in [3.05, 3.63) is 23.7 Å². The van der Waals surface area contributed by atoms with E-state index in [4.69, 9.17) is 4.74 Å². The van der Waals surface area contributed by atoms with Crippen molar-refractivity contribution in [2.75, 3.05) is 6.61 Å². The SMILES string of the molecule is CCOC1=CC(F)=CC(C)C1. The minimum atomic E-state index is -0.174. The highest BCUT2D eigenvalue weighted by atomic mass is 19.1. The van der Waals surface area contributed by atoms with Gasteiger partial charge in [0.15, 0.2) is 0 Å². The quantitative estimate of drug-likeness (QED) is 0.597. The van der Waals surface area contributed by atoms with E-state index in [1.807, 2.05) is 13.8 Å². The summed E-state index contributed by atoms with van der Waals surface area (Å²) in [6.07, 6.45) is 3.90. The lowest BCUT2D eigenvalue weighted by molar-refractivity contribution is 0.209. The molecule has 0 radical (unpaired) electrons. The second kappa shape index (κ2) is 3.56. The Morgan fingerprint density at radius 1 is 1.73 bits per heavy atom. The summed E-state index contributed by atoms with van der Waals surface area (Å²) in [7, 11) is 0. The van der Waals surface area contributed by atoms with Gasteiger partial charge in [-0.15, -0.1) is 0 Å². The lowest BCUT2D eigenvalue weighted by Gasteiger charge is -2.15. The van der Waals surface area contributed by atoms with Crippen molar-refractivity contribution in [2.24, 2.45) is 5.92 Å². The fourth-order valence-corrected chi connectivity index (χ4v) is 1.19. The van der Waals surface area contributed by atoms with E-state index in [1.54, 1.807) is 6.08 Å². The van der Waals surface area contributed by atoms with Crippen molar-refractivity contribution >= 4 is 0 Å². The Bertz CT molecular complexity index is 194. The van der Waals surface area contributed by atoms with Gasteiger partial charge >= 0.3 is 0 Å². The molecule has 1 nitrogen and oxygen atoms in total. The van der Waals surface area contributed by atoms with Gasteiger partial charge in [0.1, 0.15) is 5.83 Å². The first-order valence-corrected chi connectivity index (χ1v) is 3.93. The highest BCUT2D eigenvalue weighted by Crippen LogP contribution is 2.23. The lowest BCUT2D eigenvalue weighted by atomic mass is 10.0. The summed E-state index contributed by atoms with van der Waals surface area (Å²) in [5.74, 6) is 0.855. The van der Waals surface area contributed by atoms with Crippen LogP contribution < -0.4 is 0 Å². The zero-order valence-electron chi connectivity index (χ0n) is 6.93. The first kappa shape index (κ1) is 8.31. The number of hydrogen-bond acceptors (Lipinski definition) is 1. The average Bonchev–Trinajstić information content (AvgIpc) is 1.85. The van der Waals surface area contributed by atoms with Crippen LogP contribution in [0, 0.1) is 5.92 Å². The fraction of sp³-hybridized carbons (Fsp3) is 0.556. The minimum Gasteiger partial charge on any atom is -0.498 e. The second-order valence-corrected chi connectivity index (χ2v) is 2.78. The molecule has 62 valence electrons. The van der Waals surface area contributed by atoms with Gasteiger partial charge in [-0.05, 0) is 18.9 Å². The van der Waals surface area contributed by atoms with Crippen LogP contribution in [0.2, 0.25) is 0 Å². The maximum absolute atomic E-state index is 12.7. The molecule has 0 aliphatic heterocycles. The molecule has 0 saturated heterocycles. The molecule has 1 aliphatic carbocycles. The predicted octanol–water partition coefficient (Wildman–Crippen LogP) is 2.80. The first-order chi connectivity index (χ1) is 5.22. The number of rotatable bonds is 2. The molecule has 0 saturated carbocycles. The summed E-state index contributed by atoms with van der Waals surface area (Å²) < 4.78 is 17.9. The third kappa shape index (κ3) is 2.37. The molecular formula is C9H13FO. The van der Waals surface area contributed by atoms with Gasteiger partial charge in [0.25, 0.3) is 0 Å². The maximum Gasteiger partial charge on any atom is 0.122 e. The molecule has 0 aromatic carbocycles. The van der Waals surface area contributed by atoms with Gasteiger partial charge in [-0.25, -0.2) is 4.39 Å². The molecule has 0 spiro atoms. The van der Waals surface area contributed by atoms with E-state index in [9.17, 15) is 4.39 Å². The molecule has 2 heteroatoms. The standard InChI is InChI=1S/C9H13FO/c1-3-11-9-5-7(2)4-8(10)6-9/h4,6-7H,3,5H2,1-2H3. The molecule has 0 N–H and O–H groups in total. The zero-order chi connectivity index (χ0) is 8.27. The minimum absolute atomic E-state index is 0.174. The Balaban J connectivity index is 2.60. The van der Waals surface area contributed by atoms with Gasteiger partial charge < -0.3 is 4.74 Å². The van der Waals surface area contributed by atoms with Gasteiger partial charge in [0.2, 0.25) is 0 Å². The van der Waals surface area contributed by atoms with Crippen molar-refractivity contribution in [1.29, 1.82) is 0 Å². The van der Waals surface area contributed by atoms with Crippen LogP contribution in [0.5, 0.6) is 0 Å². The molecule has 1 aliphatic rings. The molecule has 1 unspecified atom stereocenters. The van der Waals surface area contributed by atoms with Gasteiger partial charge in [0.05, 0.1) is 12.4 Å². The molecule has 0 heterocycles. The Morgan fingerprint density at radius 2 is 2.45 bits per heavy atom. The molecule has 0 aromatic rings. The molecule has 1 rings (SSSR count). The topological polar surface area (TPSA) is 9.23 Å². The monoisotopic (exact) mass is 156 g/mol. The number of allylic oxidation sites excluding steroid dienone is 4. The van der Waals surface area contributed by atoms with Gasteiger partial charge in [-0.3, -0.25) is 0 Å². The van der Waals surface area contributed by atoms with Crippen molar-refractivity contribution in [3.63, 3.8) is 0 Å². The van der Waals surface area contributed by atoms with Crippen molar-refractivity contribution in [1.82, 2.24) is 0 Å². The highest BCUT2D eigenvalue weighted by Gasteiger charge is 2.11. The van der Waals surface area contributed by atoms with E-state index in [2.05, 4.69) is 0 Å². The molecule has 1 atom stereocenters. The fourth-order valence-electron chi connectivity index (χ4n) is 1.19. The summed E-state index contributed by atoms with van der Waals surface area (Å²) in [5.41, 5.74) is 0. The summed E-state index contributed by atoms with van der Waals surface area (Å²) in [6.45, 7) is 4.50. The third-order valence-corrected chi connectivity index (χ3v) is 1.60. The molecule has 0 aromatic heterocycles. The van der Waals surface area contributed by atoms with E-state index in [0.717, 1.165) is 12.2 Å². The average molecular weight is 156 g/mol. The second-order valence-electron chi connectivity index (χ2n) is 2.78. The van der Waals surface area contributed by atoms with E-state index < -0.39 is 0 Å². The molecule has 0 fully saturated rings. The molecule has 0 amide bonds. The normalized spacial score (nSPS) is 24.1. The van der Waals surface area contributed by atoms with Crippen molar-refractivity contribution in [2.45, 2.75) is 20.3 Å². The van der Waals surface area contributed by atoms with Gasteiger partial charge in [0, 0.05) is 12.5 Å². The maximum atomic E-state index is 12.7. The van der Waals surface area contributed by atoms with Crippen LogP contribution in [0.1, 0.15) is 20.3 Å². The van der Waals surface area contributed by atoms with Crippen molar-refractivity contribution in [3.8, 4) is 0 Å². The van der Waals surface area contributed by atoms with Crippen LogP contribution in [0.4, 0.5) is 4.39 Å². The smallest absolute Gasteiger partial charge is 0.122 e. The van der Waals surface area contributed by atoms with Crippen molar-refractivity contribution < 1.29 is 9.13 Å². The Hall–Kier alpha value is -0.790. The Morgan fingerprint density at radius 3 is 3.00 bits per heavy atom. The van der Waals surface area contributed by atoms with E-state index in [-0.39, 0.29) is 11.7 Å².